The van der Waals surface area contributed by atoms with E-state index >= 15 is 0 Å². The average Bonchev–Trinajstić information content (AvgIpc) is 2.73. The van der Waals surface area contributed by atoms with Gasteiger partial charge in [-0.15, -0.1) is 0 Å². The van der Waals surface area contributed by atoms with E-state index in [1.54, 1.807) is 25.3 Å². The first kappa shape index (κ1) is 20.0. The van der Waals surface area contributed by atoms with Gasteiger partial charge in [-0.3, -0.25) is 9.59 Å². The lowest BCUT2D eigenvalue weighted by Gasteiger charge is -2.55. The Morgan fingerprint density at radius 1 is 1.38 bits per heavy atom. The standard InChI is InChI=1S/C22H30N2O5/c1-3-28-10-4-9-23-20(25)18-11-15-6-5-14(18)13-22(15)24-21(26)17-8-7-16(27-2)12-19(17)29-22/h7-8,12,14-15,18H,3-6,9-11,13H2,1-2H3,(H,23,25)(H,24,26)/t14-,15+,18-,22+/m0/s1. The van der Waals surface area contributed by atoms with Crippen molar-refractivity contribution >= 4 is 11.8 Å². The molecule has 3 saturated carbocycles. The van der Waals surface area contributed by atoms with Crippen LogP contribution in [0.15, 0.2) is 18.2 Å². The minimum atomic E-state index is -0.717. The zero-order valence-electron chi connectivity index (χ0n) is 17.2. The van der Waals surface area contributed by atoms with E-state index in [1.807, 2.05) is 6.92 Å². The molecule has 0 unspecified atom stereocenters. The zero-order chi connectivity index (χ0) is 20.4. The van der Waals surface area contributed by atoms with Gasteiger partial charge in [0.25, 0.3) is 5.91 Å². The van der Waals surface area contributed by atoms with Crippen LogP contribution in [0.2, 0.25) is 0 Å². The van der Waals surface area contributed by atoms with Gasteiger partial charge in [-0.2, -0.15) is 0 Å². The van der Waals surface area contributed by atoms with Gasteiger partial charge in [0.15, 0.2) is 5.72 Å². The van der Waals surface area contributed by atoms with Crippen LogP contribution in [0.4, 0.5) is 0 Å². The molecule has 0 saturated heterocycles. The summed E-state index contributed by atoms with van der Waals surface area (Å²) in [7, 11) is 1.60. The summed E-state index contributed by atoms with van der Waals surface area (Å²) in [5.74, 6) is 1.55. The highest BCUT2D eigenvalue weighted by Crippen LogP contribution is 2.52. The van der Waals surface area contributed by atoms with Gasteiger partial charge >= 0.3 is 0 Å². The molecule has 2 N–H and O–H groups in total. The molecule has 1 aliphatic heterocycles. The van der Waals surface area contributed by atoms with Crippen molar-refractivity contribution in [2.75, 3.05) is 26.9 Å². The second kappa shape index (κ2) is 8.22. The summed E-state index contributed by atoms with van der Waals surface area (Å²) in [5.41, 5.74) is -0.188. The number of hydrogen-bond acceptors (Lipinski definition) is 5. The summed E-state index contributed by atoms with van der Waals surface area (Å²) >= 11 is 0. The summed E-state index contributed by atoms with van der Waals surface area (Å²) in [6.45, 7) is 3.97. The molecular formula is C22H30N2O5. The van der Waals surface area contributed by atoms with E-state index in [0.29, 0.717) is 43.2 Å². The quantitative estimate of drug-likeness (QED) is 0.685. The second-order valence-electron chi connectivity index (χ2n) is 8.23. The van der Waals surface area contributed by atoms with Crippen LogP contribution >= 0.6 is 0 Å². The van der Waals surface area contributed by atoms with E-state index in [2.05, 4.69) is 10.6 Å². The fourth-order valence-electron chi connectivity index (χ4n) is 5.10. The van der Waals surface area contributed by atoms with E-state index in [0.717, 1.165) is 25.7 Å². The van der Waals surface area contributed by atoms with Gasteiger partial charge in [-0.05, 0) is 50.7 Å². The molecule has 1 heterocycles. The molecule has 2 bridgehead atoms. The van der Waals surface area contributed by atoms with Crippen LogP contribution in [0.3, 0.4) is 0 Å². The van der Waals surface area contributed by atoms with Crippen LogP contribution in [-0.2, 0) is 9.53 Å². The molecule has 2 amide bonds. The maximum absolute atomic E-state index is 12.8. The van der Waals surface area contributed by atoms with Crippen molar-refractivity contribution in [1.82, 2.24) is 10.6 Å². The minimum Gasteiger partial charge on any atom is -0.497 e. The molecule has 4 atom stereocenters. The molecular weight excluding hydrogens is 372 g/mol. The minimum absolute atomic E-state index is 0.0151. The van der Waals surface area contributed by atoms with Gasteiger partial charge in [0.2, 0.25) is 5.91 Å². The van der Waals surface area contributed by atoms with Crippen molar-refractivity contribution in [2.24, 2.45) is 17.8 Å². The highest BCUT2D eigenvalue weighted by Gasteiger charge is 2.57. The Labute approximate surface area is 171 Å². The van der Waals surface area contributed by atoms with Crippen molar-refractivity contribution in [2.45, 2.75) is 44.8 Å². The Bertz CT molecular complexity index is 782. The molecule has 0 radical (unpaired) electrons. The summed E-state index contributed by atoms with van der Waals surface area (Å²) in [5, 5.41) is 6.20. The Kier molecular flexibility index (Phi) is 5.67. The van der Waals surface area contributed by atoms with Crippen LogP contribution in [-0.4, -0.2) is 44.4 Å². The SMILES string of the molecule is CCOCCCNC(=O)[C@H]1C[C@H]2CC[C@H]1C[C@]21NC(=O)c2ccc(OC)cc2O1. The van der Waals surface area contributed by atoms with E-state index in [-0.39, 0.29) is 29.6 Å². The molecule has 7 heteroatoms. The number of carbonyl (C=O) groups is 2. The lowest BCUT2D eigenvalue weighted by atomic mass is 9.60. The average molecular weight is 402 g/mol. The highest BCUT2D eigenvalue weighted by atomic mass is 16.5. The number of hydrogen-bond donors (Lipinski definition) is 2. The van der Waals surface area contributed by atoms with E-state index in [9.17, 15) is 9.59 Å². The highest BCUT2D eigenvalue weighted by molar-refractivity contribution is 5.98. The predicted molar refractivity (Wildman–Crippen MR) is 107 cm³/mol. The molecule has 1 aromatic rings. The largest absolute Gasteiger partial charge is 0.497 e. The Balaban J connectivity index is 1.43. The van der Waals surface area contributed by atoms with Gasteiger partial charge < -0.3 is 24.8 Å². The van der Waals surface area contributed by atoms with Crippen LogP contribution in [0, 0.1) is 17.8 Å². The molecule has 3 fully saturated rings. The lowest BCUT2D eigenvalue weighted by Crippen LogP contribution is -2.66. The number of carbonyl (C=O) groups excluding carboxylic acids is 2. The first-order valence-corrected chi connectivity index (χ1v) is 10.6. The van der Waals surface area contributed by atoms with Crippen molar-refractivity contribution in [3.63, 3.8) is 0 Å². The molecule has 0 aromatic heterocycles. The normalized spacial score (nSPS) is 29.7. The monoisotopic (exact) mass is 402 g/mol. The van der Waals surface area contributed by atoms with Crippen molar-refractivity contribution < 1.29 is 23.8 Å². The first-order valence-electron chi connectivity index (χ1n) is 10.6. The van der Waals surface area contributed by atoms with E-state index < -0.39 is 5.72 Å². The van der Waals surface area contributed by atoms with Gasteiger partial charge in [-0.25, -0.2) is 0 Å². The number of ether oxygens (including phenoxy) is 3. The maximum Gasteiger partial charge on any atom is 0.258 e. The van der Waals surface area contributed by atoms with Crippen molar-refractivity contribution in [3.8, 4) is 11.5 Å². The molecule has 7 nitrogen and oxygen atoms in total. The third kappa shape index (κ3) is 3.80. The first-order chi connectivity index (χ1) is 14.1. The summed E-state index contributed by atoms with van der Waals surface area (Å²) in [4.78, 5) is 25.5. The maximum atomic E-state index is 12.8. The molecule has 1 spiro atoms. The molecule has 158 valence electrons. The summed E-state index contributed by atoms with van der Waals surface area (Å²) < 4.78 is 17.0. The number of fused-ring (bicyclic) bond motifs is 3. The Morgan fingerprint density at radius 3 is 2.97 bits per heavy atom. The lowest BCUT2D eigenvalue weighted by molar-refractivity contribution is -0.146. The third-order valence-electron chi connectivity index (χ3n) is 6.57. The fraction of sp³-hybridized carbons (Fsp3) is 0.636. The number of methoxy groups -OCH3 is 1. The smallest absolute Gasteiger partial charge is 0.258 e. The van der Waals surface area contributed by atoms with Crippen molar-refractivity contribution in [1.29, 1.82) is 0 Å². The zero-order valence-corrected chi connectivity index (χ0v) is 17.2. The molecule has 5 rings (SSSR count). The third-order valence-corrected chi connectivity index (χ3v) is 6.57. The molecule has 29 heavy (non-hydrogen) atoms. The van der Waals surface area contributed by atoms with Gasteiger partial charge in [-0.1, -0.05) is 0 Å². The van der Waals surface area contributed by atoms with Gasteiger partial charge in [0.1, 0.15) is 11.5 Å². The number of amides is 2. The van der Waals surface area contributed by atoms with Crippen molar-refractivity contribution in [3.05, 3.63) is 23.8 Å². The predicted octanol–water partition coefficient (Wildman–Crippen LogP) is 2.49. The van der Waals surface area contributed by atoms with Crippen LogP contribution in [0.1, 0.15) is 49.4 Å². The second-order valence-corrected chi connectivity index (χ2v) is 8.23. The van der Waals surface area contributed by atoms with Gasteiger partial charge in [0, 0.05) is 44.1 Å². The number of benzene rings is 1. The fourth-order valence-corrected chi connectivity index (χ4v) is 5.10. The van der Waals surface area contributed by atoms with Crippen LogP contribution in [0.5, 0.6) is 11.5 Å². The van der Waals surface area contributed by atoms with Crippen LogP contribution in [0.25, 0.3) is 0 Å². The molecule has 1 aromatic carbocycles. The summed E-state index contributed by atoms with van der Waals surface area (Å²) in [6, 6.07) is 5.27. The Hall–Kier alpha value is -2.28. The van der Waals surface area contributed by atoms with E-state index in [4.69, 9.17) is 14.2 Å². The summed E-state index contributed by atoms with van der Waals surface area (Å²) in [6.07, 6.45) is 4.17. The molecule has 3 aliphatic carbocycles. The van der Waals surface area contributed by atoms with Crippen LogP contribution < -0.4 is 20.1 Å². The van der Waals surface area contributed by atoms with E-state index in [1.165, 1.54) is 0 Å². The topological polar surface area (TPSA) is 85.9 Å². The number of nitrogens with one attached hydrogen (secondary N) is 2. The molecule has 4 aliphatic rings. The Morgan fingerprint density at radius 2 is 2.24 bits per heavy atom. The number of rotatable bonds is 7. The van der Waals surface area contributed by atoms with Gasteiger partial charge in [0.05, 0.1) is 12.7 Å².